The summed E-state index contributed by atoms with van der Waals surface area (Å²) in [5.74, 6) is 3.08. The molecule has 0 amide bonds. The van der Waals surface area contributed by atoms with Gasteiger partial charge in [0.25, 0.3) is 5.95 Å². The molecule has 0 spiro atoms. The Balaban J connectivity index is 1.20. The van der Waals surface area contributed by atoms with Crippen molar-refractivity contribution in [3.63, 3.8) is 0 Å². The molecular formula is C27H38FNO2. The Labute approximate surface area is 187 Å². The maximum Gasteiger partial charge on any atom is 0.258 e. The largest absolute Gasteiger partial charge is 0.488 e. The molecule has 3 aliphatic rings. The van der Waals surface area contributed by atoms with E-state index in [9.17, 15) is 4.39 Å². The van der Waals surface area contributed by atoms with Gasteiger partial charge in [0.15, 0.2) is 5.75 Å². The molecule has 2 fully saturated rings. The predicted octanol–water partition coefficient (Wildman–Crippen LogP) is 7.28. The molecule has 0 aromatic carbocycles. The van der Waals surface area contributed by atoms with Crippen LogP contribution in [0.1, 0.15) is 77.6 Å². The van der Waals surface area contributed by atoms with Gasteiger partial charge in [-0.2, -0.15) is 9.37 Å². The first-order chi connectivity index (χ1) is 15.2. The monoisotopic (exact) mass is 427 g/mol. The van der Waals surface area contributed by atoms with Crippen LogP contribution in [-0.4, -0.2) is 18.2 Å². The van der Waals surface area contributed by atoms with Gasteiger partial charge in [-0.15, -0.1) is 0 Å². The number of ether oxygens (including phenoxy) is 2. The van der Waals surface area contributed by atoms with Gasteiger partial charge in [0.2, 0.25) is 5.88 Å². The molecular weight excluding hydrogens is 389 g/mol. The number of aromatic nitrogens is 1. The number of nitrogens with zero attached hydrogens (tertiary/aromatic N) is 1. The fourth-order valence-electron chi connectivity index (χ4n) is 5.69. The Kier molecular flexibility index (Phi) is 8.04. The summed E-state index contributed by atoms with van der Waals surface area (Å²) in [5, 5.41) is 0. The lowest BCUT2D eigenvalue weighted by atomic mass is 9.71. The summed E-state index contributed by atoms with van der Waals surface area (Å²) in [6.07, 6.45) is 20.8. The number of allylic oxidation sites excluding steroid dienone is 3. The van der Waals surface area contributed by atoms with E-state index < -0.39 is 5.95 Å². The molecule has 3 nitrogen and oxygen atoms in total. The van der Waals surface area contributed by atoms with Crippen molar-refractivity contribution in [2.24, 2.45) is 23.7 Å². The quantitative estimate of drug-likeness (QED) is 0.323. The Bertz CT molecular complexity index is 760. The fourth-order valence-corrected chi connectivity index (χ4v) is 5.69. The smallest absolute Gasteiger partial charge is 0.258 e. The van der Waals surface area contributed by atoms with Crippen LogP contribution in [0.4, 0.5) is 4.39 Å². The summed E-state index contributed by atoms with van der Waals surface area (Å²) in [5.41, 5.74) is 1.32. The van der Waals surface area contributed by atoms with Crippen LogP contribution in [0.25, 0.3) is 0 Å². The molecule has 0 saturated heterocycles. The molecule has 3 aliphatic carbocycles. The minimum Gasteiger partial charge on any atom is -0.488 e. The molecule has 31 heavy (non-hydrogen) atoms. The van der Waals surface area contributed by atoms with Crippen LogP contribution in [0, 0.1) is 29.6 Å². The second-order valence-electron chi connectivity index (χ2n) is 9.79. The summed E-state index contributed by atoms with van der Waals surface area (Å²) < 4.78 is 25.7. The summed E-state index contributed by atoms with van der Waals surface area (Å²) in [4.78, 5) is 3.97. The summed E-state index contributed by atoms with van der Waals surface area (Å²) >= 11 is 0. The molecule has 2 saturated carbocycles. The molecule has 4 heteroatoms. The van der Waals surface area contributed by atoms with Gasteiger partial charge >= 0.3 is 0 Å². The average molecular weight is 428 g/mol. The molecule has 1 aromatic rings. The number of pyridine rings is 1. The van der Waals surface area contributed by atoms with Crippen LogP contribution in [0.5, 0.6) is 11.6 Å². The minimum atomic E-state index is -0.568. The lowest BCUT2D eigenvalue weighted by Crippen LogP contribution is -2.23. The standard InChI is InChI=1S/C27H38FNO2/c1-2-5-20-8-12-23(13-9-20)24-14-10-22(11-15-24)19-31-26-17-16-25(27(28)29-26)30-18-21-6-3-4-7-21/h2,5,10,16-17,20-21,23-24H,3-4,6-9,11-15,18-19H2,1H3/b5-2+. The first-order valence-electron chi connectivity index (χ1n) is 12.4. The van der Waals surface area contributed by atoms with Crippen molar-refractivity contribution in [3.8, 4) is 11.6 Å². The van der Waals surface area contributed by atoms with Crippen LogP contribution < -0.4 is 9.47 Å². The Hall–Kier alpha value is -1.84. The van der Waals surface area contributed by atoms with E-state index >= 15 is 0 Å². The van der Waals surface area contributed by atoms with E-state index in [1.54, 1.807) is 12.1 Å². The number of halogens is 1. The highest BCUT2D eigenvalue weighted by atomic mass is 19.1. The van der Waals surface area contributed by atoms with Gasteiger partial charge in [-0.3, -0.25) is 0 Å². The van der Waals surface area contributed by atoms with E-state index in [0.717, 1.165) is 30.6 Å². The molecule has 1 atom stereocenters. The highest BCUT2D eigenvalue weighted by Crippen LogP contribution is 2.40. The zero-order valence-electron chi connectivity index (χ0n) is 19.0. The zero-order chi connectivity index (χ0) is 21.5. The summed E-state index contributed by atoms with van der Waals surface area (Å²) in [7, 11) is 0. The highest BCUT2D eigenvalue weighted by Gasteiger charge is 2.28. The number of hydrogen-bond acceptors (Lipinski definition) is 3. The maximum atomic E-state index is 14.3. The third-order valence-corrected chi connectivity index (χ3v) is 7.64. The Morgan fingerprint density at radius 3 is 2.48 bits per heavy atom. The number of rotatable bonds is 8. The first kappa shape index (κ1) is 22.4. The van der Waals surface area contributed by atoms with Crippen LogP contribution in [0.15, 0.2) is 35.9 Å². The van der Waals surface area contributed by atoms with E-state index in [1.807, 2.05) is 0 Å². The van der Waals surface area contributed by atoms with Gasteiger partial charge in [0, 0.05) is 6.07 Å². The fraction of sp³-hybridized carbons (Fsp3) is 0.667. The number of hydrogen-bond donors (Lipinski definition) is 0. The third-order valence-electron chi connectivity index (χ3n) is 7.64. The second kappa shape index (κ2) is 11.2. The molecule has 0 aliphatic heterocycles. The summed E-state index contributed by atoms with van der Waals surface area (Å²) in [6.45, 7) is 3.23. The van der Waals surface area contributed by atoms with Crippen LogP contribution in [-0.2, 0) is 0 Å². The molecule has 0 radical (unpaired) electrons. The van der Waals surface area contributed by atoms with Gasteiger partial charge in [-0.05, 0) is 100 Å². The Morgan fingerprint density at radius 2 is 1.81 bits per heavy atom. The Morgan fingerprint density at radius 1 is 1.00 bits per heavy atom. The van der Waals surface area contributed by atoms with Crippen molar-refractivity contribution in [2.45, 2.75) is 77.6 Å². The van der Waals surface area contributed by atoms with E-state index in [2.05, 4.69) is 30.1 Å². The van der Waals surface area contributed by atoms with Crippen molar-refractivity contribution >= 4 is 0 Å². The lowest BCUT2D eigenvalue weighted by Gasteiger charge is -2.34. The molecule has 4 rings (SSSR count). The molecule has 1 unspecified atom stereocenters. The lowest BCUT2D eigenvalue weighted by molar-refractivity contribution is 0.206. The van der Waals surface area contributed by atoms with E-state index in [-0.39, 0.29) is 5.75 Å². The molecule has 1 aromatic heterocycles. The van der Waals surface area contributed by atoms with Gasteiger partial charge in [0.05, 0.1) is 6.61 Å². The third kappa shape index (κ3) is 6.33. The predicted molar refractivity (Wildman–Crippen MR) is 123 cm³/mol. The molecule has 170 valence electrons. The van der Waals surface area contributed by atoms with E-state index in [1.165, 1.54) is 63.4 Å². The summed E-state index contributed by atoms with van der Waals surface area (Å²) in [6, 6.07) is 3.38. The zero-order valence-corrected chi connectivity index (χ0v) is 19.0. The average Bonchev–Trinajstić information content (AvgIpc) is 3.32. The van der Waals surface area contributed by atoms with Crippen molar-refractivity contribution in [1.29, 1.82) is 0 Å². The second-order valence-corrected chi connectivity index (χ2v) is 9.79. The van der Waals surface area contributed by atoms with Crippen molar-refractivity contribution in [1.82, 2.24) is 4.98 Å². The van der Waals surface area contributed by atoms with Gasteiger partial charge in [0.1, 0.15) is 6.61 Å². The van der Waals surface area contributed by atoms with Gasteiger partial charge in [-0.1, -0.05) is 31.1 Å². The van der Waals surface area contributed by atoms with E-state index in [4.69, 9.17) is 9.47 Å². The SMILES string of the molecule is C/C=C/C1CCC(C2CC=C(COc3ccc(OCC4CCCC4)c(F)n3)CC2)CC1. The van der Waals surface area contributed by atoms with Crippen LogP contribution in [0.2, 0.25) is 0 Å². The minimum absolute atomic E-state index is 0.239. The van der Waals surface area contributed by atoms with Crippen molar-refractivity contribution in [3.05, 3.63) is 41.9 Å². The van der Waals surface area contributed by atoms with Gasteiger partial charge in [-0.25, -0.2) is 0 Å². The molecule has 0 bridgehead atoms. The first-order valence-corrected chi connectivity index (χ1v) is 12.4. The van der Waals surface area contributed by atoms with Crippen molar-refractivity contribution < 1.29 is 13.9 Å². The molecule has 0 N–H and O–H groups in total. The topological polar surface area (TPSA) is 31.4 Å². The van der Waals surface area contributed by atoms with Crippen molar-refractivity contribution in [2.75, 3.05) is 13.2 Å². The normalized spacial score (nSPS) is 27.4. The van der Waals surface area contributed by atoms with E-state index in [0.29, 0.717) is 25.0 Å². The van der Waals surface area contributed by atoms with Crippen LogP contribution >= 0.6 is 0 Å². The molecule has 1 heterocycles. The van der Waals surface area contributed by atoms with Crippen LogP contribution in [0.3, 0.4) is 0 Å². The van der Waals surface area contributed by atoms with Gasteiger partial charge < -0.3 is 9.47 Å². The highest BCUT2D eigenvalue weighted by molar-refractivity contribution is 5.25. The maximum absolute atomic E-state index is 14.3.